The second-order valence-corrected chi connectivity index (χ2v) is 7.18. The maximum atomic E-state index is 11.9. The normalized spacial score (nSPS) is 12.7. The van der Waals surface area contributed by atoms with E-state index in [2.05, 4.69) is 26.2 Å². The Morgan fingerprint density at radius 1 is 1.45 bits per heavy atom. The molecule has 0 spiro atoms. The third-order valence-electron chi connectivity index (χ3n) is 2.24. The van der Waals surface area contributed by atoms with Gasteiger partial charge in [0, 0.05) is 23.8 Å². The summed E-state index contributed by atoms with van der Waals surface area (Å²) in [5.74, 6) is -3.01. The molecule has 1 rings (SSSR count). The minimum Gasteiger partial charge on any atom is -0.480 e. The van der Waals surface area contributed by atoms with Gasteiger partial charge in [-0.2, -0.15) is 0 Å². The Balaban J connectivity index is 2.82. The Morgan fingerprint density at radius 3 is 2.60 bits per heavy atom. The van der Waals surface area contributed by atoms with Crippen LogP contribution in [0.15, 0.2) is 22.9 Å². The van der Waals surface area contributed by atoms with Crippen molar-refractivity contribution in [2.24, 2.45) is 0 Å². The first-order valence-corrected chi connectivity index (χ1v) is 8.11. The predicted molar refractivity (Wildman–Crippen MR) is 74.7 cm³/mol. The monoisotopic (exact) mass is 364 g/mol. The van der Waals surface area contributed by atoms with E-state index < -0.39 is 33.5 Å². The number of hydrogen-bond acceptors (Lipinski definition) is 5. The molecule has 1 aromatic heterocycles. The summed E-state index contributed by atoms with van der Waals surface area (Å²) in [7, 11) is -3.70. The zero-order valence-corrected chi connectivity index (χ0v) is 12.9. The molecule has 9 heteroatoms. The fourth-order valence-corrected chi connectivity index (χ4v) is 3.45. The molecule has 0 aliphatic heterocycles. The van der Waals surface area contributed by atoms with E-state index >= 15 is 0 Å². The number of halogens is 1. The third-order valence-corrected chi connectivity index (χ3v) is 4.29. The Bertz CT molecular complexity index is 617. The highest BCUT2D eigenvalue weighted by Gasteiger charge is 2.26. The summed E-state index contributed by atoms with van der Waals surface area (Å²) in [4.78, 5) is 25.6. The molecule has 0 aliphatic rings. The van der Waals surface area contributed by atoms with Crippen LogP contribution < -0.4 is 5.32 Å². The molecule has 20 heavy (non-hydrogen) atoms. The van der Waals surface area contributed by atoms with E-state index in [9.17, 15) is 18.0 Å². The highest BCUT2D eigenvalue weighted by atomic mass is 79.9. The van der Waals surface area contributed by atoms with Gasteiger partial charge in [-0.05, 0) is 27.6 Å². The number of nitrogens with one attached hydrogen (secondary N) is 1. The number of aromatic nitrogens is 1. The van der Waals surface area contributed by atoms with Crippen LogP contribution in [0.3, 0.4) is 0 Å². The van der Waals surface area contributed by atoms with Crippen molar-refractivity contribution in [3.63, 3.8) is 0 Å². The zero-order chi connectivity index (χ0) is 15.3. The zero-order valence-electron chi connectivity index (χ0n) is 10.5. The molecule has 0 aromatic carbocycles. The van der Waals surface area contributed by atoms with E-state index in [4.69, 9.17) is 5.11 Å². The minimum atomic E-state index is -3.70. The van der Waals surface area contributed by atoms with Crippen LogP contribution in [-0.4, -0.2) is 42.2 Å². The van der Waals surface area contributed by atoms with Gasteiger partial charge in [-0.1, -0.05) is 0 Å². The van der Waals surface area contributed by atoms with Gasteiger partial charge in [-0.25, -0.2) is 13.2 Å². The van der Waals surface area contributed by atoms with E-state index in [1.54, 1.807) is 6.07 Å². The van der Waals surface area contributed by atoms with Crippen molar-refractivity contribution in [1.29, 1.82) is 0 Å². The van der Waals surface area contributed by atoms with Crippen molar-refractivity contribution in [2.75, 3.05) is 5.75 Å². The summed E-state index contributed by atoms with van der Waals surface area (Å²) in [6.45, 7) is 1.13. The van der Waals surface area contributed by atoms with Crippen LogP contribution in [0.5, 0.6) is 0 Å². The molecule has 0 radical (unpaired) electrons. The molecule has 0 unspecified atom stereocenters. The van der Waals surface area contributed by atoms with Crippen LogP contribution >= 0.6 is 15.9 Å². The molecule has 7 nitrogen and oxygen atoms in total. The molecule has 0 saturated carbocycles. The number of aliphatic carboxylic acids is 1. The molecular formula is C11H13BrN2O5S. The molecule has 1 aromatic rings. The quantitative estimate of drug-likeness (QED) is 0.752. The smallest absolute Gasteiger partial charge is 0.327 e. The summed E-state index contributed by atoms with van der Waals surface area (Å²) in [6.07, 6.45) is 2.89. The number of pyridine rings is 1. The molecule has 0 fully saturated rings. The van der Waals surface area contributed by atoms with Gasteiger partial charge in [-0.3, -0.25) is 9.78 Å². The van der Waals surface area contributed by atoms with Crippen molar-refractivity contribution in [3.05, 3.63) is 28.5 Å². The van der Waals surface area contributed by atoms with E-state index in [0.717, 1.165) is 6.92 Å². The highest BCUT2D eigenvalue weighted by molar-refractivity contribution is 9.10. The third kappa shape index (κ3) is 5.66. The van der Waals surface area contributed by atoms with E-state index in [1.807, 2.05) is 0 Å². The Labute approximate surface area is 124 Å². The van der Waals surface area contributed by atoms with E-state index in [1.165, 1.54) is 12.4 Å². The second kappa shape index (κ2) is 6.80. The predicted octanol–water partition coefficient (Wildman–Crippen LogP) is 0.348. The van der Waals surface area contributed by atoms with Crippen molar-refractivity contribution in [2.45, 2.75) is 18.7 Å². The van der Waals surface area contributed by atoms with Crippen LogP contribution in [-0.2, 0) is 25.2 Å². The number of sulfone groups is 1. The lowest BCUT2D eigenvalue weighted by molar-refractivity contribution is -0.140. The summed E-state index contributed by atoms with van der Waals surface area (Å²) < 4.78 is 24.5. The average molecular weight is 365 g/mol. The van der Waals surface area contributed by atoms with Gasteiger partial charge in [0.2, 0.25) is 5.91 Å². The Kier molecular flexibility index (Phi) is 5.63. The number of carbonyl (C=O) groups excluding carboxylic acids is 1. The number of nitrogens with zero attached hydrogens (tertiary/aromatic N) is 1. The lowest BCUT2D eigenvalue weighted by atomic mass is 10.3. The molecule has 0 saturated heterocycles. The number of rotatable bonds is 6. The second-order valence-electron chi connectivity index (χ2n) is 4.16. The minimum absolute atomic E-state index is 0.344. The first-order valence-electron chi connectivity index (χ1n) is 5.49. The molecule has 1 amide bonds. The Morgan fingerprint density at radius 2 is 2.10 bits per heavy atom. The first-order chi connectivity index (χ1) is 9.19. The fraction of sp³-hybridized carbons (Fsp3) is 0.364. The fourth-order valence-electron chi connectivity index (χ4n) is 1.52. The summed E-state index contributed by atoms with van der Waals surface area (Å²) in [5.41, 5.74) is 0.436. The molecule has 2 N–H and O–H groups in total. The number of amides is 1. The molecular weight excluding hydrogens is 352 g/mol. The van der Waals surface area contributed by atoms with Gasteiger partial charge in [0.25, 0.3) is 0 Å². The van der Waals surface area contributed by atoms with Crippen molar-refractivity contribution in [3.8, 4) is 0 Å². The number of hydrogen-bond donors (Lipinski definition) is 2. The molecule has 0 aliphatic carbocycles. The van der Waals surface area contributed by atoms with Crippen molar-refractivity contribution in [1.82, 2.24) is 10.3 Å². The van der Waals surface area contributed by atoms with Crippen molar-refractivity contribution >= 4 is 37.6 Å². The van der Waals surface area contributed by atoms with Crippen LogP contribution in [0.1, 0.15) is 12.5 Å². The topological polar surface area (TPSA) is 113 Å². The van der Waals surface area contributed by atoms with E-state index in [0.29, 0.717) is 10.0 Å². The lowest BCUT2D eigenvalue weighted by Gasteiger charge is -2.13. The highest BCUT2D eigenvalue weighted by Crippen LogP contribution is 2.13. The maximum absolute atomic E-state index is 11.9. The number of carboxylic acid groups (broad SMARTS) is 1. The van der Waals surface area contributed by atoms with Gasteiger partial charge in [-0.15, -0.1) is 0 Å². The van der Waals surface area contributed by atoms with Gasteiger partial charge >= 0.3 is 5.97 Å². The van der Waals surface area contributed by atoms with Crippen molar-refractivity contribution < 1.29 is 23.1 Å². The van der Waals surface area contributed by atoms with Gasteiger partial charge in [0.1, 0.15) is 6.04 Å². The molecule has 1 atom stereocenters. The average Bonchev–Trinajstić information content (AvgIpc) is 2.26. The number of carboxylic acids is 1. The van der Waals surface area contributed by atoms with Crippen LogP contribution in [0.25, 0.3) is 0 Å². The van der Waals surface area contributed by atoms with Crippen LogP contribution in [0.4, 0.5) is 0 Å². The lowest BCUT2D eigenvalue weighted by Crippen LogP contribution is -2.44. The number of carbonyl (C=O) groups is 2. The van der Waals surface area contributed by atoms with Gasteiger partial charge < -0.3 is 10.4 Å². The molecule has 1 heterocycles. The largest absolute Gasteiger partial charge is 0.480 e. The first kappa shape index (κ1) is 16.6. The van der Waals surface area contributed by atoms with Crippen LogP contribution in [0, 0.1) is 0 Å². The molecule has 0 bridgehead atoms. The summed E-state index contributed by atoms with van der Waals surface area (Å²) >= 11 is 3.17. The van der Waals surface area contributed by atoms with Gasteiger partial charge in [0.15, 0.2) is 9.84 Å². The molecule has 110 valence electrons. The summed E-state index contributed by atoms with van der Waals surface area (Å²) in [5, 5.41) is 11.0. The Hall–Kier alpha value is -1.48. The SMILES string of the molecule is CC(=O)N[C@@H](CS(=O)(=O)Cc1cncc(Br)c1)C(=O)O. The summed E-state index contributed by atoms with van der Waals surface area (Å²) in [6, 6.07) is 0.122. The van der Waals surface area contributed by atoms with E-state index in [-0.39, 0.29) is 5.75 Å². The van der Waals surface area contributed by atoms with Crippen LogP contribution in [0.2, 0.25) is 0 Å². The standard InChI is InChI=1S/C11H13BrN2O5S/c1-7(15)14-10(11(16)17)6-20(18,19)5-8-2-9(12)4-13-3-8/h2-4,10H,5-6H2,1H3,(H,14,15)(H,16,17)/t10-/m0/s1. The van der Waals surface area contributed by atoms with Gasteiger partial charge in [0.05, 0.1) is 11.5 Å². The maximum Gasteiger partial charge on any atom is 0.327 e.